The Morgan fingerprint density at radius 1 is 1.22 bits per heavy atom. The molecule has 1 saturated heterocycles. The number of nitrogen functional groups attached to an aromatic ring is 1. The fourth-order valence-electron chi connectivity index (χ4n) is 2.65. The van der Waals surface area contributed by atoms with Gasteiger partial charge in [-0.05, 0) is 36.4 Å². The zero-order chi connectivity index (χ0) is 16.2. The van der Waals surface area contributed by atoms with Gasteiger partial charge in [0.1, 0.15) is 17.7 Å². The first-order valence-corrected chi connectivity index (χ1v) is 7.92. The highest BCUT2D eigenvalue weighted by Gasteiger charge is 2.24. The van der Waals surface area contributed by atoms with E-state index in [1.165, 1.54) is 0 Å². The monoisotopic (exact) mass is 331 g/mol. The SMILES string of the molecule is Nc1cc(C(=O)N2CCC(Oc3ccc(Cl)cc3)CC2)ccn1. The van der Waals surface area contributed by atoms with Crippen LogP contribution in [0.25, 0.3) is 0 Å². The Kier molecular flexibility index (Phi) is 4.67. The molecule has 1 amide bonds. The minimum atomic E-state index is -0.0101. The summed E-state index contributed by atoms with van der Waals surface area (Å²) in [5.74, 6) is 1.15. The van der Waals surface area contributed by atoms with E-state index in [4.69, 9.17) is 22.1 Å². The van der Waals surface area contributed by atoms with Gasteiger partial charge >= 0.3 is 0 Å². The third kappa shape index (κ3) is 3.93. The number of hydrogen-bond acceptors (Lipinski definition) is 4. The number of anilines is 1. The molecule has 0 spiro atoms. The normalized spacial score (nSPS) is 15.4. The molecule has 2 N–H and O–H groups in total. The van der Waals surface area contributed by atoms with Gasteiger partial charge in [-0.3, -0.25) is 4.79 Å². The molecule has 2 heterocycles. The molecular formula is C17H18ClN3O2. The highest BCUT2D eigenvalue weighted by molar-refractivity contribution is 6.30. The Morgan fingerprint density at radius 2 is 1.91 bits per heavy atom. The van der Waals surface area contributed by atoms with E-state index in [-0.39, 0.29) is 12.0 Å². The van der Waals surface area contributed by atoms with Crippen molar-refractivity contribution in [2.45, 2.75) is 18.9 Å². The molecule has 2 aromatic rings. The molecule has 0 aliphatic carbocycles. The summed E-state index contributed by atoms with van der Waals surface area (Å²) in [4.78, 5) is 18.2. The molecule has 5 nitrogen and oxygen atoms in total. The van der Waals surface area contributed by atoms with Crippen LogP contribution in [0, 0.1) is 0 Å². The van der Waals surface area contributed by atoms with Crippen LogP contribution in [0.2, 0.25) is 5.02 Å². The van der Waals surface area contributed by atoms with Crippen molar-refractivity contribution in [3.8, 4) is 5.75 Å². The zero-order valence-electron chi connectivity index (χ0n) is 12.6. The molecule has 23 heavy (non-hydrogen) atoms. The maximum Gasteiger partial charge on any atom is 0.254 e. The summed E-state index contributed by atoms with van der Waals surface area (Å²) in [5, 5.41) is 0.689. The van der Waals surface area contributed by atoms with Crippen LogP contribution < -0.4 is 10.5 Å². The quantitative estimate of drug-likeness (QED) is 0.938. The number of carbonyl (C=O) groups excluding carboxylic acids is 1. The van der Waals surface area contributed by atoms with Crippen molar-refractivity contribution in [2.24, 2.45) is 0 Å². The van der Waals surface area contributed by atoms with E-state index in [0.717, 1.165) is 18.6 Å². The number of benzene rings is 1. The lowest BCUT2D eigenvalue weighted by atomic mass is 10.1. The van der Waals surface area contributed by atoms with Gasteiger partial charge in [-0.15, -0.1) is 0 Å². The van der Waals surface area contributed by atoms with Gasteiger partial charge in [-0.2, -0.15) is 0 Å². The van der Waals surface area contributed by atoms with Crippen molar-refractivity contribution in [3.63, 3.8) is 0 Å². The molecule has 0 radical (unpaired) electrons. The summed E-state index contributed by atoms with van der Waals surface area (Å²) in [6.45, 7) is 1.33. The highest BCUT2D eigenvalue weighted by Crippen LogP contribution is 2.22. The predicted molar refractivity (Wildman–Crippen MR) is 89.7 cm³/mol. The summed E-state index contributed by atoms with van der Waals surface area (Å²) in [6.07, 6.45) is 3.27. The fourth-order valence-corrected chi connectivity index (χ4v) is 2.77. The average Bonchev–Trinajstić information content (AvgIpc) is 2.57. The third-order valence-electron chi connectivity index (χ3n) is 3.87. The van der Waals surface area contributed by atoms with Crippen molar-refractivity contribution in [1.82, 2.24) is 9.88 Å². The molecule has 3 rings (SSSR count). The van der Waals surface area contributed by atoms with Crippen molar-refractivity contribution in [2.75, 3.05) is 18.8 Å². The summed E-state index contributed by atoms with van der Waals surface area (Å²) in [6, 6.07) is 10.6. The number of likely N-dealkylation sites (tertiary alicyclic amines) is 1. The number of ether oxygens (including phenoxy) is 1. The van der Waals surface area contributed by atoms with Crippen LogP contribution in [-0.4, -0.2) is 35.0 Å². The Bertz CT molecular complexity index is 682. The Balaban J connectivity index is 1.55. The maximum atomic E-state index is 12.4. The number of nitrogens with two attached hydrogens (primary N) is 1. The molecule has 1 aromatic heterocycles. The van der Waals surface area contributed by atoms with Gasteiger partial charge in [0.15, 0.2) is 0 Å². The van der Waals surface area contributed by atoms with Gasteiger partial charge in [0, 0.05) is 42.7 Å². The molecule has 1 aromatic carbocycles. The number of pyridine rings is 1. The number of piperidine rings is 1. The smallest absolute Gasteiger partial charge is 0.254 e. The number of aromatic nitrogens is 1. The van der Waals surface area contributed by atoms with Crippen LogP contribution >= 0.6 is 11.6 Å². The topological polar surface area (TPSA) is 68.5 Å². The summed E-state index contributed by atoms with van der Waals surface area (Å²) in [7, 11) is 0. The summed E-state index contributed by atoms with van der Waals surface area (Å²) >= 11 is 5.86. The Labute approximate surface area is 140 Å². The van der Waals surface area contributed by atoms with E-state index in [1.807, 2.05) is 29.2 Å². The molecule has 0 unspecified atom stereocenters. The third-order valence-corrected chi connectivity index (χ3v) is 4.13. The minimum Gasteiger partial charge on any atom is -0.490 e. The van der Waals surface area contributed by atoms with E-state index >= 15 is 0 Å². The Morgan fingerprint density at radius 3 is 2.57 bits per heavy atom. The second-order valence-electron chi connectivity index (χ2n) is 5.53. The average molecular weight is 332 g/mol. The van der Waals surface area contributed by atoms with Gasteiger partial charge in [0.2, 0.25) is 0 Å². The second-order valence-corrected chi connectivity index (χ2v) is 5.97. The first kappa shape index (κ1) is 15.6. The molecule has 1 aliphatic heterocycles. The number of carbonyl (C=O) groups is 1. The summed E-state index contributed by atoms with van der Waals surface area (Å²) < 4.78 is 5.94. The predicted octanol–water partition coefficient (Wildman–Crippen LogP) is 3.00. The number of nitrogens with zero attached hydrogens (tertiary/aromatic N) is 2. The van der Waals surface area contributed by atoms with Gasteiger partial charge in [0.05, 0.1) is 0 Å². The first-order valence-electron chi connectivity index (χ1n) is 7.55. The van der Waals surface area contributed by atoms with E-state index in [2.05, 4.69) is 4.98 Å². The number of rotatable bonds is 3. The molecule has 1 aliphatic rings. The number of halogens is 1. The summed E-state index contributed by atoms with van der Waals surface area (Å²) in [5.41, 5.74) is 6.21. The van der Waals surface area contributed by atoms with E-state index in [9.17, 15) is 4.79 Å². The van der Waals surface area contributed by atoms with E-state index in [0.29, 0.717) is 29.5 Å². The lowest BCUT2D eigenvalue weighted by Gasteiger charge is -2.32. The van der Waals surface area contributed by atoms with Crippen LogP contribution in [0.3, 0.4) is 0 Å². The molecule has 0 atom stereocenters. The lowest BCUT2D eigenvalue weighted by molar-refractivity contribution is 0.0595. The van der Waals surface area contributed by atoms with Crippen LogP contribution in [0.15, 0.2) is 42.6 Å². The van der Waals surface area contributed by atoms with Gasteiger partial charge in [-0.1, -0.05) is 11.6 Å². The minimum absolute atomic E-state index is 0.0101. The van der Waals surface area contributed by atoms with Gasteiger partial charge in [0.25, 0.3) is 5.91 Å². The largest absolute Gasteiger partial charge is 0.490 e. The maximum absolute atomic E-state index is 12.4. The van der Waals surface area contributed by atoms with E-state index in [1.54, 1.807) is 18.3 Å². The van der Waals surface area contributed by atoms with Crippen LogP contribution in [-0.2, 0) is 0 Å². The number of hydrogen-bond donors (Lipinski definition) is 1. The number of amides is 1. The molecule has 6 heteroatoms. The van der Waals surface area contributed by atoms with Crippen LogP contribution in [0.4, 0.5) is 5.82 Å². The van der Waals surface area contributed by atoms with Crippen molar-refractivity contribution in [1.29, 1.82) is 0 Å². The van der Waals surface area contributed by atoms with Crippen molar-refractivity contribution in [3.05, 3.63) is 53.2 Å². The van der Waals surface area contributed by atoms with Crippen molar-refractivity contribution < 1.29 is 9.53 Å². The molecular weight excluding hydrogens is 314 g/mol. The lowest BCUT2D eigenvalue weighted by Crippen LogP contribution is -2.41. The molecule has 0 saturated carbocycles. The first-order chi connectivity index (χ1) is 11.1. The van der Waals surface area contributed by atoms with Gasteiger partial charge in [-0.25, -0.2) is 4.98 Å². The van der Waals surface area contributed by atoms with Crippen LogP contribution in [0.5, 0.6) is 5.75 Å². The highest BCUT2D eigenvalue weighted by atomic mass is 35.5. The van der Waals surface area contributed by atoms with Gasteiger partial charge < -0.3 is 15.4 Å². The molecule has 120 valence electrons. The van der Waals surface area contributed by atoms with Crippen molar-refractivity contribution >= 4 is 23.3 Å². The Hall–Kier alpha value is -2.27. The molecule has 1 fully saturated rings. The zero-order valence-corrected chi connectivity index (χ0v) is 13.4. The molecule has 0 bridgehead atoms. The fraction of sp³-hybridized carbons (Fsp3) is 0.294. The second kappa shape index (κ2) is 6.87. The van der Waals surface area contributed by atoms with Crippen LogP contribution in [0.1, 0.15) is 23.2 Å². The standard InChI is InChI=1S/C17H18ClN3O2/c18-13-1-3-14(4-2-13)23-15-6-9-21(10-7-15)17(22)12-5-8-20-16(19)11-12/h1-5,8,11,15H,6-7,9-10H2,(H2,19,20). The van der Waals surface area contributed by atoms with E-state index < -0.39 is 0 Å².